The number of hydrogen-bond donors (Lipinski definition) is 1. The third kappa shape index (κ3) is 6.19. The van der Waals surface area contributed by atoms with E-state index in [1.165, 1.54) is 12.4 Å². The van der Waals surface area contributed by atoms with Gasteiger partial charge in [0.1, 0.15) is 0 Å². The molecule has 0 bridgehead atoms. The summed E-state index contributed by atoms with van der Waals surface area (Å²) >= 11 is 0. The predicted octanol–water partition coefficient (Wildman–Crippen LogP) is 3.60. The topological polar surface area (TPSA) is 77.0 Å². The third-order valence-corrected chi connectivity index (χ3v) is 3.62. The second-order valence-corrected chi connectivity index (χ2v) is 7.06. The van der Waals surface area contributed by atoms with Crippen molar-refractivity contribution in [2.24, 2.45) is 0 Å². The van der Waals surface area contributed by atoms with Crippen LogP contribution in [0.2, 0.25) is 0 Å². The lowest BCUT2D eigenvalue weighted by molar-refractivity contribution is -0.154. The number of nitrogens with zero attached hydrogens (tertiary/aromatic N) is 3. The largest absolute Gasteiger partial charge is 0.467 e. The third-order valence-electron chi connectivity index (χ3n) is 3.62. The first-order chi connectivity index (χ1) is 12.5. The van der Waals surface area contributed by atoms with Crippen LogP contribution in [0.25, 0.3) is 0 Å². The zero-order chi connectivity index (χ0) is 20.2. The molecule has 0 unspecified atom stereocenters. The fourth-order valence-corrected chi connectivity index (χ4v) is 2.11. The fourth-order valence-electron chi connectivity index (χ4n) is 2.11. The van der Waals surface area contributed by atoms with Crippen LogP contribution in [0.1, 0.15) is 55.5 Å². The molecule has 2 aromatic heterocycles. The highest BCUT2D eigenvalue weighted by atomic mass is 19.4. The molecular weight excluding hydrogens is 361 g/mol. The molecule has 1 amide bonds. The number of carbonyl (C=O) groups excluding carboxylic acids is 1. The second kappa shape index (κ2) is 7.89. The average molecular weight is 382 g/mol. The van der Waals surface area contributed by atoms with Crippen molar-refractivity contribution in [3.63, 3.8) is 0 Å². The Hall–Kier alpha value is -2.71. The van der Waals surface area contributed by atoms with E-state index in [1.807, 2.05) is 20.8 Å². The molecule has 6 nitrogen and oxygen atoms in total. The summed E-state index contributed by atoms with van der Waals surface area (Å²) in [7, 11) is 0. The van der Waals surface area contributed by atoms with Gasteiger partial charge < -0.3 is 10.1 Å². The van der Waals surface area contributed by atoms with E-state index in [2.05, 4.69) is 25.0 Å². The molecule has 0 aromatic carbocycles. The summed E-state index contributed by atoms with van der Waals surface area (Å²) in [4.78, 5) is 24.4. The lowest BCUT2D eigenvalue weighted by Gasteiger charge is -2.18. The number of halogens is 3. The SMILES string of the molecule is C[C@@H](NC(=O)c1ccc(C(C)(C)C)nc1)c1cnc(OCC(F)(F)F)cn1. The molecule has 1 atom stereocenters. The van der Waals surface area contributed by atoms with E-state index < -0.39 is 18.8 Å². The number of aromatic nitrogens is 3. The first-order valence-corrected chi connectivity index (χ1v) is 8.24. The summed E-state index contributed by atoms with van der Waals surface area (Å²) in [5.74, 6) is -0.578. The molecule has 0 spiro atoms. The lowest BCUT2D eigenvalue weighted by atomic mass is 9.91. The molecule has 1 N–H and O–H groups in total. The summed E-state index contributed by atoms with van der Waals surface area (Å²) in [5.41, 5.74) is 1.54. The van der Waals surface area contributed by atoms with E-state index in [1.54, 1.807) is 19.1 Å². The van der Waals surface area contributed by atoms with Crippen LogP contribution >= 0.6 is 0 Å². The minimum Gasteiger partial charge on any atom is -0.467 e. The Morgan fingerprint density at radius 2 is 1.81 bits per heavy atom. The first-order valence-electron chi connectivity index (χ1n) is 8.24. The number of rotatable bonds is 5. The highest BCUT2D eigenvalue weighted by Crippen LogP contribution is 2.20. The maximum atomic E-state index is 12.3. The molecule has 2 rings (SSSR count). The van der Waals surface area contributed by atoms with Crippen LogP contribution in [0, 0.1) is 0 Å². The van der Waals surface area contributed by atoms with Gasteiger partial charge in [-0.25, -0.2) is 4.98 Å². The Bertz CT molecular complexity index is 769. The van der Waals surface area contributed by atoms with Crippen molar-refractivity contribution in [2.75, 3.05) is 6.61 Å². The molecular formula is C18H21F3N4O2. The molecule has 0 saturated heterocycles. The van der Waals surface area contributed by atoms with Gasteiger partial charge in [0.2, 0.25) is 5.88 Å². The van der Waals surface area contributed by atoms with Gasteiger partial charge in [-0.15, -0.1) is 0 Å². The van der Waals surface area contributed by atoms with Crippen LogP contribution in [0.4, 0.5) is 13.2 Å². The van der Waals surface area contributed by atoms with Gasteiger partial charge in [-0.3, -0.25) is 14.8 Å². The van der Waals surface area contributed by atoms with E-state index in [0.717, 1.165) is 11.9 Å². The molecule has 2 aromatic rings. The predicted molar refractivity (Wildman–Crippen MR) is 92.4 cm³/mol. The summed E-state index contributed by atoms with van der Waals surface area (Å²) in [6.45, 7) is 6.33. The quantitative estimate of drug-likeness (QED) is 0.855. The molecule has 0 aliphatic rings. The van der Waals surface area contributed by atoms with Gasteiger partial charge in [-0.2, -0.15) is 13.2 Å². The molecule has 2 heterocycles. The van der Waals surface area contributed by atoms with E-state index in [4.69, 9.17) is 0 Å². The number of carbonyl (C=O) groups is 1. The Morgan fingerprint density at radius 1 is 1.11 bits per heavy atom. The molecule has 0 fully saturated rings. The fraction of sp³-hybridized carbons (Fsp3) is 0.444. The van der Waals surface area contributed by atoms with Crippen LogP contribution in [0.5, 0.6) is 5.88 Å². The van der Waals surface area contributed by atoms with Gasteiger partial charge in [-0.1, -0.05) is 20.8 Å². The molecule has 27 heavy (non-hydrogen) atoms. The molecule has 9 heteroatoms. The zero-order valence-corrected chi connectivity index (χ0v) is 15.5. The number of nitrogens with one attached hydrogen (secondary N) is 1. The smallest absolute Gasteiger partial charge is 0.422 e. The molecule has 146 valence electrons. The average Bonchev–Trinajstić information content (AvgIpc) is 2.59. The molecule has 0 aliphatic heterocycles. The second-order valence-electron chi connectivity index (χ2n) is 7.06. The van der Waals surface area contributed by atoms with Crippen LogP contribution in [0.15, 0.2) is 30.7 Å². The van der Waals surface area contributed by atoms with Crippen molar-refractivity contribution in [2.45, 2.75) is 45.3 Å². The summed E-state index contributed by atoms with van der Waals surface area (Å²) in [6.07, 6.45) is -0.596. The Kier molecular flexibility index (Phi) is 6.02. The van der Waals surface area contributed by atoms with E-state index in [9.17, 15) is 18.0 Å². The van der Waals surface area contributed by atoms with Gasteiger partial charge in [0, 0.05) is 17.3 Å². The standard InChI is InChI=1S/C18H21F3N4O2/c1-11(13-8-24-15(9-22-13)27-10-18(19,20)21)25-16(26)12-5-6-14(23-7-12)17(2,3)4/h5-9,11H,10H2,1-4H3,(H,25,26)/t11-/m1/s1. The number of ether oxygens (including phenoxy) is 1. The zero-order valence-electron chi connectivity index (χ0n) is 15.5. The Morgan fingerprint density at radius 3 is 2.30 bits per heavy atom. The molecule has 0 aliphatic carbocycles. The monoisotopic (exact) mass is 382 g/mol. The number of hydrogen-bond acceptors (Lipinski definition) is 5. The number of amides is 1. The Balaban J connectivity index is 1.97. The minimum atomic E-state index is -4.45. The highest BCUT2D eigenvalue weighted by molar-refractivity contribution is 5.94. The number of alkyl halides is 3. The first kappa shape index (κ1) is 20.6. The lowest BCUT2D eigenvalue weighted by Crippen LogP contribution is -2.27. The van der Waals surface area contributed by atoms with E-state index in [-0.39, 0.29) is 17.2 Å². The maximum Gasteiger partial charge on any atom is 0.422 e. The number of pyridine rings is 1. The maximum absolute atomic E-state index is 12.3. The van der Waals surface area contributed by atoms with Crippen molar-refractivity contribution >= 4 is 5.91 Å². The van der Waals surface area contributed by atoms with Gasteiger partial charge in [0.25, 0.3) is 5.91 Å². The van der Waals surface area contributed by atoms with Crippen molar-refractivity contribution < 1.29 is 22.7 Å². The van der Waals surface area contributed by atoms with Crippen LogP contribution in [-0.2, 0) is 5.41 Å². The van der Waals surface area contributed by atoms with Gasteiger partial charge in [-0.05, 0) is 19.1 Å². The minimum absolute atomic E-state index is 0.117. The summed E-state index contributed by atoms with van der Waals surface area (Å²) < 4.78 is 40.9. The van der Waals surface area contributed by atoms with E-state index in [0.29, 0.717) is 11.3 Å². The van der Waals surface area contributed by atoms with Crippen LogP contribution in [0.3, 0.4) is 0 Å². The summed E-state index contributed by atoms with van der Waals surface area (Å²) in [6, 6.07) is 2.99. The normalized spacial score (nSPS) is 13.1. The highest BCUT2D eigenvalue weighted by Gasteiger charge is 2.28. The van der Waals surface area contributed by atoms with Crippen molar-refractivity contribution in [3.05, 3.63) is 47.7 Å². The van der Waals surface area contributed by atoms with E-state index >= 15 is 0 Å². The van der Waals surface area contributed by atoms with Gasteiger partial charge >= 0.3 is 6.18 Å². The van der Waals surface area contributed by atoms with Crippen molar-refractivity contribution in [3.8, 4) is 5.88 Å². The van der Waals surface area contributed by atoms with Crippen LogP contribution < -0.4 is 10.1 Å². The molecule has 0 saturated carbocycles. The van der Waals surface area contributed by atoms with Gasteiger partial charge in [0.15, 0.2) is 6.61 Å². The Labute approximate surface area is 155 Å². The van der Waals surface area contributed by atoms with Crippen molar-refractivity contribution in [1.29, 1.82) is 0 Å². The molecule has 0 radical (unpaired) electrons. The van der Waals surface area contributed by atoms with Crippen LogP contribution in [-0.4, -0.2) is 33.6 Å². The van der Waals surface area contributed by atoms with Crippen molar-refractivity contribution in [1.82, 2.24) is 20.3 Å². The van der Waals surface area contributed by atoms with Gasteiger partial charge in [0.05, 0.1) is 29.7 Å². The summed E-state index contributed by atoms with van der Waals surface area (Å²) in [5, 5.41) is 2.74.